The molecule has 5 nitrogen and oxygen atoms in total. The second-order valence-corrected chi connectivity index (χ2v) is 2.83. The molecule has 0 bridgehead atoms. The molecule has 0 amide bonds. The van der Waals surface area contributed by atoms with E-state index >= 15 is 0 Å². The van der Waals surface area contributed by atoms with Crippen LogP contribution in [-0.2, 0) is 0 Å². The average molecular weight is 167 g/mol. The Kier molecular flexibility index (Phi) is 3.53. The Balaban J connectivity index is 2.13. The highest BCUT2D eigenvalue weighted by atomic mass is 15.4. The van der Waals surface area contributed by atoms with Crippen LogP contribution in [0.1, 0.15) is 6.42 Å². The summed E-state index contributed by atoms with van der Waals surface area (Å²) in [6.07, 6.45) is 2.61. The van der Waals surface area contributed by atoms with Crippen LogP contribution in [0.15, 0.2) is 20.4 Å². The van der Waals surface area contributed by atoms with E-state index in [4.69, 9.17) is 0 Å². The summed E-state index contributed by atoms with van der Waals surface area (Å²) >= 11 is 0. The van der Waals surface area contributed by atoms with Crippen molar-refractivity contribution < 1.29 is 0 Å². The Hall–Kier alpha value is -1.10. The van der Waals surface area contributed by atoms with E-state index in [9.17, 15) is 0 Å². The first-order valence-corrected chi connectivity index (χ1v) is 3.92. The van der Waals surface area contributed by atoms with Gasteiger partial charge in [-0.2, -0.15) is 0 Å². The summed E-state index contributed by atoms with van der Waals surface area (Å²) in [7, 11) is 4.09. The maximum absolute atomic E-state index is 4.18. The van der Waals surface area contributed by atoms with Crippen molar-refractivity contribution in [2.75, 3.05) is 27.2 Å². The lowest BCUT2D eigenvalue weighted by molar-refractivity contribution is 0.403. The Morgan fingerprint density at radius 3 is 2.92 bits per heavy atom. The van der Waals surface area contributed by atoms with Gasteiger partial charge in [0.15, 0.2) is 5.84 Å². The van der Waals surface area contributed by atoms with Crippen LogP contribution < -0.4 is 0 Å². The van der Waals surface area contributed by atoms with Crippen molar-refractivity contribution in [1.29, 1.82) is 0 Å². The van der Waals surface area contributed by atoms with Gasteiger partial charge in [0, 0.05) is 6.54 Å². The molecule has 66 valence electrons. The molecule has 0 atom stereocenters. The first kappa shape index (κ1) is 8.99. The third-order valence-corrected chi connectivity index (χ3v) is 1.41. The molecule has 0 fully saturated rings. The van der Waals surface area contributed by atoms with E-state index < -0.39 is 0 Å². The minimum Gasteiger partial charge on any atom is -0.309 e. The minimum absolute atomic E-state index is 0.633. The van der Waals surface area contributed by atoms with Crippen LogP contribution >= 0.6 is 0 Å². The molecule has 0 radical (unpaired) electrons. The molecule has 1 aliphatic heterocycles. The van der Waals surface area contributed by atoms with Crippen LogP contribution in [0.4, 0.5) is 0 Å². The standard InChI is InChI=1S/C7H13N5/c1-12(2)5-3-4-8-7-6-9-11-10-7/h6H,3-5H2,1-2H3. The molecule has 0 N–H and O–H groups in total. The number of hydrogen-bond acceptors (Lipinski definition) is 4. The predicted octanol–water partition coefficient (Wildman–Crippen LogP) is 0.788. The van der Waals surface area contributed by atoms with E-state index in [1.807, 2.05) is 14.1 Å². The summed E-state index contributed by atoms with van der Waals surface area (Å²) in [6.45, 7) is 1.84. The second kappa shape index (κ2) is 4.71. The van der Waals surface area contributed by atoms with E-state index in [-0.39, 0.29) is 0 Å². The molecule has 0 aromatic heterocycles. The van der Waals surface area contributed by atoms with Crippen LogP contribution in [0.3, 0.4) is 0 Å². The number of hydrogen-bond donors (Lipinski definition) is 0. The van der Waals surface area contributed by atoms with Crippen molar-refractivity contribution >= 4 is 12.1 Å². The van der Waals surface area contributed by atoms with Crippen molar-refractivity contribution in [3.8, 4) is 0 Å². The first-order chi connectivity index (χ1) is 5.79. The van der Waals surface area contributed by atoms with Crippen LogP contribution in [-0.4, -0.2) is 44.1 Å². The molecule has 0 aromatic carbocycles. The topological polar surface area (TPSA) is 52.7 Å². The lowest BCUT2D eigenvalue weighted by Gasteiger charge is -2.06. The summed E-state index contributed by atoms with van der Waals surface area (Å²) in [5.41, 5.74) is 0. The zero-order chi connectivity index (χ0) is 8.81. The molecule has 1 aliphatic rings. The predicted molar refractivity (Wildman–Crippen MR) is 48.8 cm³/mol. The zero-order valence-electron chi connectivity index (χ0n) is 7.43. The Morgan fingerprint density at radius 2 is 2.33 bits per heavy atom. The van der Waals surface area contributed by atoms with Gasteiger partial charge >= 0.3 is 0 Å². The molecule has 5 heteroatoms. The smallest absolute Gasteiger partial charge is 0.192 e. The fourth-order valence-electron chi connectivity index (χ4n) is 0.828. The van der Waals surface area contributed by atoms with Crippen molar-refractivity contribution in [3.05, 3.63) is 0 Å². The lowest BCUT2D eigenvalue weighted by atomic mass is 10.4. The van der Waals surface area contributed by atoms with Gasteiger partial charge in [-0.25, -0.2) is 0 Å². The van der Waals surface area contributed by atoms with E-state index in [0.29, 0.717) is 5.84 Å². The van der Waals surface area contributed by atoms with Crippen LogP contribution in [0.5, 0.6) is 0 Å². The van der Waals surface area contributed by atoms with Crippen molar-refractivity contribution in [2.24, 2.45) is 20.4 Å². The maximum atomic E-state index is 4.18. The number of amidine groups is 1. The molecular formula is C7H13N5. The molecule has 0 saturated carbocycles. The number of aliphatic imine (C=N–C) groups is 1. The highest BCUT2D eigenvalue weighted by Crippen LogP contribution is 1.92. The molecule has 0 saturated heterocycles. The largest absolute Gasteiger partial charge is 0.309 e. The lowest BCUT2D eigenvalue weighted by Crippen LogP contribution is -2.13. The molecule has 0 aromatic rings. The molecular weight excluding hydrogens is 154 g/mol. The molecule has 0 spiro atoms. The van der Waals surface area contributed by atoms with Gasteiger partial charge in [0.05, 0.1) is 6.21 Å². The first-order valence-electron chi connectivity index (χ1n) is 3.92. The zero-order valence-corrected chi connectivity index (χ0v) is 7.43. The molecule has 1 heterocycles. The van der Waals surface area contributed by atoms with Crippen LogP contribution in [0.25, 0.3) is 0 Å². The Labute approximate surface area is 71.9 Å². The third-order valence-electron chi connectivity index (χ3n) is 1.41. The van der Waals surface area contributed by atoms with E-state index in [1.54, 1.807) is 6.21 Å². The van der Waals surface area contributed by atoms with Gasteiger partial charge in [-0.3, -0.25) is 4.99 Å². The van der Waals surface area contributed by atoms with Gasteiger partial charge in [0.1, 0.15) is 0 Å². The molecule has 0 aliphatic carbocycles. The third kappa shape index (κ3) is 3.34. The molecule has 12 heavy (non-hydrogen) atoms. The maximum Gasteiger partial charge on any atom is 0.192 e. The minimum atomic E-state index is 0.633. The van der Waals surface area contributed by atoms with Gasteiger partial charge in [-0.05, 0) is 32.3 Å². The van der Waals surface area contributed by atoms with Crippen molar-refractivity contribution in [2.45, 2.75) is 6.42 Å². The summed E-state index contributed by atoms with van der Waals surface area (Å²) in [4.78, 5) is 6.30. The van der Waals surface area contributed by atoms with Crippen molar-refractivity contribution in [1.82, 2.24) is 4.90 Å². The highest BCUT2D eigenvalue weighted by Gasteiger charge is 1.96. The van der Waals surface area contributed by atoms with Gasteiger partial charge in [0.25, 0.3) is 0 Å². The van der Waals surface area contributed by atoms with E-state index in [2.05, 4.69) is 25.3 Å². The second-order valence-electron chi connectivity index (χ2n) is 2.83. The fourth-order valence-corrected chi connectivity index (χ4v) is 0.828. The quantitative estimate of drug-likeness (QED) is 0.571. The Bertz CT molecular complexity index is 202. The SMILES string of the molecule is CN(C)CCCN=C1C=NN=N1. The van der Waals surface area contributed by atoms with E-state index in [0.717, 1.165) is 19.5 Å². The molecule has 1 rings (SSSR count). The summed E-state index contributed by atoms with van der Waals surface area (Å²) in [6, 6.07) is 0. The van der Waals surface area contributed by atoms with Gasteiger partial charge in [0.2, 0.25) is 0 Å². The summed E-state index contributed by atoms with van der Waals surface area (Å²) in [5, 5.41) is 10.7. The van der Waals surface area contributed by atoms with Gasteiger partial charge in [-0.15, -0.1) is 10.2 Å². The fraction of sp³-hybridized carbons (Fsp3) is 0.714. The number of rotatable bonds is 4. The average Bonchev–Trinajstić information content (AvgIpc) is 2.49. The van der Waals surface area contributed by atoms with E-state index in [1.165, 1.54) is 0 Å². The highest BCUT2D eigenvalue weighted by molar-refractivity contribution is 6.30. The van der Waals surface area contributed by atoms with Crippen LogP contribution in [0.2, 0.25) is 0 Å². The summed E-state index contributed by atoms with van der Waals surface area (Å²) in [5.74, 6) is 0.633. The van der Waals surface area contributed by atoms with Crippen LogP contribution in [0, 0.1) is 0 Å². The van der Waals surface area contributed by atoms with Gasteiger partial charge < -0.3 is 4.90 Å². The number of nitrogens with zero attached hydrogens (tertiary/aromatic N) is 5. The van der Waals surface area contributed by atoms with Crippen molar-refractivity contribution in [3.63, 3.8) is 0 Å². The molecule has 0 unspecified atom stereocenters. The normalized spacial score (nSPS) is 18.4. The monoisotopic (exact) mass is 167 g/mol. The van der Waals surface area contributed by atoms with Gasteiger partial charge in [-0.1, -0.05) is 0 Å². The Morgan fingerprint density at radius 1 is 1.50 bits per heavy atom. The summed E-state index contributed by atoms with van der Waals surface area (Å²) < 4.78 is 0.